The highest BCUT2D eigenvalue weighted by Crippen LogP contribution is 2.42. The normalized spacial score (nSPS) is 14.2. The molecular weight excluding hydrogens is 332 g/mol. The number of amides is 1. The van der Waals surface area contributed by atoms with Gasteiger partial charge in [0.2, 0.25) is 5.75 Å². The summed E-state index contributed by atoms with van der Waals surface area (Å²) in [5.41, 5.74) is 3.21. The maximum Gasteiger partial charge on any atom is 0.257 e. The van der Waals surface area contributed by atoms with Crippen molar-refractivity contribution in [2.45, 2.75) is 19.8 Å². The number of aromatic nitrogens is 1. The molecule has 6 nitrogen and oxygen atoms in total. The number of benzene rings is 1. The molecule has 2 heterocycles. The van der Waals surface area contributed by atoms with Crippen molar-refractivity contribution in [2.24, 2.45) is 0 Å². The maximum absolute atomic E-state index is 12.2. The fourth-order valence-corrected chi connectivity index (χ4v) is 2.96. The summed E-state index contributed by atoms with van der Waals surface area (Å²) in [6.07, 6.45) is 5.51. The molecule has 0 aliphatic carbocycles. The molecule has 6 heteroatoms. The van der Waals surface area contributed by atoms with Crippen molar-refractivity contribution >= 4 is 17.3 Å². The number of unbranched alkanes of at least 4 members (excludes halogenated alkanes) is 1. The van der Waals surface area contributed by atoms with Crippen LogP contribution in [0, 0.1) is 0 Å². The van der Waals surface area contributed by atoms with E-state index in [9.17, 15) is 4.79 Å². The van der Waals surface area contributed by atoms with E-state index in [4.69, 9.17) is 14.2 Å². The number of rotatable bonds is 6. The summed E-state index contributed by atoms with van der Waals surface area (Å²) in [5, 5.41) is 2.81. The molecule has 2 aromatic rings. The lowest BCUT2D eigenvalue weighted by Crippen LogP contribution is -2.04. The fraction of sp³-hybridized carbons (Fsp3) is 0.300. The molecular formula is C20H22N2O4. The van der Waals surface area contributed by atoms with E-state index >= 15 is 0 Å². The van der Waals surface area contributed by atoms with Crippen molar-refractivity contribution in [2.75, 3.05) is 26.6 Å². The van der Waals surface area contributed by atoms with E-state index in [-0.39, 0.29) is 5.91 Å². The molecule has 26 heavy (non-hydrogen) atoms. The van der Waals surface area contributed by atoms with E-state index in [2.05, 4.69) is 17.2 Å². The number of pyridine rings is 1. The van der Waals surface area contributed by atoms with Crippen molar-refractivity contribution in [3.63, 3.8) is 0 Å². The van der Waals surface area contributed by atoms with E-state index in [0.717, 1.165) is 29.5 Å². The summed E-state index contributed by atoms with van der Waals surface area (Å²) >= 11 is 0. The highest BCUT2D eigenvalue weighted by atomic mass is 16.5. The molecule has 1 amide bonds. The Morgan fingerprint density at radius 2 is 1.73 bits per heavy atom. The summed E-state index contributed by atoms with van der Waals surface area (Å²) < 4.78 is 16.2. The van der Waals surface area contributed by atoms with Gasteiger partial charge in [-0.15, -0.1) is 0 Å². The maximum atomic E-state index is 12.2. The number of carbonyl (C=O) groups excluding carboxylic acids is 1. The van der Waals surface area contributed by atoms with Gasteiger partial charge in [0.05, 0.1) is 21.3 Å². The molecule has 0 radical (unpaired) electrons. The van der Waals surface area contributed by atoms with Crippen LogP contribution in [-0.2, 0) is 4.79 Å². The molecule has 0 spiro atoms. The number of hydrogen-bond acceptors (Lipinski definition) is 5. The summed E-state index contributed by atoms with van der Waals surface area (Å²) in [6, 6.07) is 5.69. The van der Waals surface area contributed by atoms with Gasteiger partial charge in [0.1, 0.15) is 5.82 Å². The molecule has 3 rings (SSSR count). The predicted molar refractivity (Wildman–Crippen MR) is 101 cm³/mol. The Balaban J connectivity index is 2.10. The summed E-state index contributed by atoms with van der Waals surface area (Å²) in [6.45, 7) is 2.08. The summed E-state index contributed by atoms with van der Waals surface area (Å²) in [5.74, 6) is 2.15. The van der Waals surface area contributed by atoms with Gasteiger partial charge in [-0.3, -0.25) is 4.79 Å². The average molecular weight is 354 g/mol. The van der Waals surface area contributed by atoms with Crippen LogP contribution in [0.15, 0.2) is 30.5 Å². The van der Waals surface area contributed by atoms with Crippen LogP contribution in [0.4, 0.5) is 5.82 Å². The number of fused-ring (bicyclic) bond motifs is 1. The summed E-state index contributed by atoms with van der Waals surface area (Å²) in [4.78, 5) is 16.6. The average Bonchev–Trinajstić information content (AvgIpc) is 2.99. The van der Waals surface area contributed by atoms with Crippen LogP contribution in [0.3, 0.4) is 0 Å². The molecule has 1 aromatic carbocycles. The number of ether oxygens (including phenoxy) is 3. The number of nitrogens with zero attached hydrogens (tertiary/aromatic N) is 1. The molecule has 0 saturated heterocycles. The molecule has 1 aliphatic heterocycles. The Morgan fingerprint density at radius 1 is 1.04 bits per heavy atom. The van der Waals surface area contributed by atoms with Crippen LogP contribution >= 0.6 is 0 Å². The number of hydrogen-bond donors (Lipinski definition) is 1. The number of anilines is 1. The second kappa shape index (κ2) is 7.47. The monoisotopic (exact) mass is 354 g/mol. The van der Waals surface area contributed by atoms with E-state index in [1.54, 1.807) is 27.5 Å². The van der Waals surface area contributed by atoms with Gasteiger partial charge in [-0.25, -0.2) is 4.98 Å². The minimum absolute atomic E-state index is 0.108. The van der Waals surface area contributed by atoms with Gasteiger partial charge in [-0.05, 0) is 30.2 Å². The van der Waals surface area contributed by atoms with E-state index in [1.165, 1.54) is 0 Å². The lowest BCUT2D eigenvalue weighted by atomic mass is 10.0. The Hall–Kier alpha value is -3.02. The topological polar surface area (TPSA) is 69.7 Å². The van der Waals surface area contributed by atoms with E-state index in [0.29, 0.717) is 28.6 Å². The third-order valence-electron chi connectivity index (χ3n) is 4.29. The molecule has 0 bridgehead atoms. The molecule has 136 valence electrons. The van der Waals surface area contributed by atoms with Gasteiger partial charge >= 0.3 is 0 Å². The van der Waals surface area contributed by atoms with Crippen molar-refractivity contribution < 1.29 is 19.0 Å². The third-order valence-corrected chi connectivity index (χ3v) is 4.29. The lowest BCUT2D eigenvalue weighted by molar-refractivity contribution is -0.110. The molecule has 0 unspecified atom stereocenters. The van der Waals surface area contributed by atoms with Gasteiger partial charge < -0.3 is 19.5 Å². The van der Waals surface area contributed by atoms with Crippen molar-refractivity contribution in [1.29, 1.82) is 0 Å². The van der Waals surface area contributed by atoms with Gasteiger partial charge in [-0.2, -0.15) is 0 Å². The first-order valence-electron chi connectivity index (χ1n) is 8.45. The Morgan fingerprint density at radius 3 is 2.31 bits per heavy atom. The van der Waals surface area contributed by atoms with Crippen LogP contribution in [-0.4, -0.2) is 32.2 Å². The second-order valence-corrected chi connectivity index (χ2v) is 5.89. The zero-order valence-corrected chi connectivity index (χ0v) is 15.4. The van der Waals surface area contributed by atoms with E-state index < -0.39 is 0 Å². The molecule has 1 N–H and O–H groups in total. The number of allylic oxidation sites excluding steroid dienone is 1. The van der Waals surface area contributed by atoms with Crippen LogP contribution in [0.2, 0.25) is 0 Å². The van der Waals surface area contributed by atoms with Gasteiger partial charge in [-0.1, -0.05) is 19.4 Å². The number of methoxy groups -OCH3 is 3. The quantitative estimate of drug-likeness (QED) is 0.797. The molecule has 0 saturated carbocycles. The molecule has 1 aliphatic rings. The van der Waals surface area contributed by atoms with Gasteiger partial charge in [0.15, 0.2) is 11.5 Å². The molecule has 0 fully saturated rings. The molecule has 0 atom stereocenters. The fourth-order valence-electron chi connectivity index (χ4n) is 2.96. The number of carbonyl (C=O) groups is 1. The minimum atomic E-state index is -0.108. The highest BCUT2D eigenvalue weighted by molar-refractivity contribution is 6.31. The van der Waals surface area contributed by atoms with Crippen LogP contribution in [0.5, 0.6) is 17.2 Å². The van der Waals surface area contributed by atoms with Crippen LogP contribution < -0.4 is 19.5 Å². The largest absolute Gasteiger partial charge is 0.493 e. The van der Waals surface area contributed by atoms with Crippen molar-refractivity contribution in [1.82, 2.24) is 4.98 Å². The van der Waals surface area contributed by atoms with E-state index in [1.807, 2.05) is 24.3 Å². The first-order chi connectivity index (χ1) is 12.6. The van der Waals surface area contributed by atoms with Crippen LogP contribution in [0.25, 0.3) is 16.7 Å². The SMILES string of the molecule is CCC/C=C1\C(=O)Nc2ncc(-c3cc(OC)c(OC)c(OC)c3)cc21. The zero-order chi connectivity index (χ0) is 18.7. The zero-order valence-electron chi connectivity index (χ0n) is 15.4. The van der Waals surface area contributed by atoms with Crippen molar-refractivity contribution in [3.05, 3.63) is 36.0 Å². The predicted octanol–water partition coefficient (Wildman–Crippen LogP) is 3.91. The highest BCUT2D eigenvalue weighted by Gasteiger charge is 2.26. The second-order valence-electron chi connectivity index (χ2n) is 5.89. The minimum Gasteiger partial charge on any atom is -0.493 e. The smallest absolute Gasteiger partial charge is 0.257 e. The first kappa shape index (κ1) is 17.8. The lowest BCUT2D eigenvalue weighted by Gasteiger charge is -2.14. The molecule has 1 aromatic heterocycles. The van der Waals surface area contributed by atoms with Gasteiger partial charge in [0, 0.05) is 22.9 Å². The Kier molecular flexibility index (Phi) is 5.11. The Labute approximate surface area is 152 Å². The third kappa shape index (κ3) is 3.10. The van der Waals surface area contributed by atoms with Gasteiger partial charge in [0.25, 0.3) is 5.91 Å². The Bertz CT molecular complexity index is 849. The summed E-state index contributed by atoms with van der Waals surface area (Å²) in [7, 11) is 4.73. The van der Waals surface area contributed by atoms with Crippen molar-refractivity contribution in [3.8, 4) is 28.4 Å². The first-order valence-corrected chi connectivity index (χ1v) is 8.45. The number of nitrogens with one attached hydrogen (secondary N) is 1. The standard InChI is InChI=1S/C20H22N2O4/c1-5-6-7-14-15-8-13(11-21-19(15)22-20(14)23)12-9-16(24-2)18(26-4)17(10-12)25-3/h7-11H,5-6H2,1-4H3,(H,21,22,23)/b14-7-. The van der Waals surface area contributed by atoms with Crippen LogP contribution in [0.1, 0.15) is 25.3 Å².